The molecule has 4 rings (SSSR count). The van der Waals surface area contributed by atoms with E-state index in [2.05, 4.69) is 20.9 Å². The number of hydrogen-bond acceptors (Lipinski definition) is 4. The normalized spacial score (nSPS) is 19.6. The molecular weight excluding hydrogens is 416 g/mol. The molecular formula is C26H26N4O3. The average Bonchev–Trinajstić information content (AvgIpc) is 3.07. The molecule has 1 saturated carbocycles. The minimum atomic E-state index is -0.937. The first-order valence-corrected chi connectivity index (χ1v) is 10.9. The van der Waals surface area contributed by atoms with Gasteiger partial charge in [-0.25, -0.2) is 4.79 Å². The summed E-state index contributed by atoms with van der Waals surface area (Å²) in [6.45, 7) is 0. The Morgan fingerprint density at radius 3 is 2.64 bits per heavy atom. The molecule has 1 fully saturated rings. The number of urea groups is 1. The van der Waals surface area contributed by atoms with Crippen LogP contribution in [-0.2, 0) is 9.59 Å². The standard InChI is InChI=1S/C26H26N4O3/c1-27-25(33)30-26(17-31)12-11-19-7-8-20(9-10-21(19)14-26)24(32)29-23-13-22(15-28-16-23)18-5-3-2-4-6-18/h2-7,9-10,13,15-17H,8,11-12,14H2,1H3,(H,29,32)(H2,27,30,33). The molecule has 3 N–H and O–H groups in total. The zero-order valence-electron chi connectivity index (χ0n) is 18.4. The van der Waals surface area contributed by atoms with Gasteiger partial charge < -0.3 is 20.7 Å². The fraction of sp³-hybridized carbons (Fsp3) is 0.231. The van der Waals surface area contributed by atoms with Gasteiger partial charge in [0, 0.05) is 30.8 Å². The van der Waals surface area contributed by atoms with Crippen LogP contribution in [0.15, 0.2) is 83.7 Å². The largest absolute Gasteiger partial charge is 0.341 e. The summed E-state index contributed by atoms with van der Waals surface area (Å²) < 4.78 is 0. The van der Waals surface area contributed by atoms with Gasteiger partial charge in [0.05, 0.1) is 11.9 Å². The predicted octanol–water partition coefficient (Wildman–Crippen LogP) is 3.92. The van der Waals surface area contributed by atoms with Gasteiger partial charge in [0.2, 0.25) is 0 Å². The summed E-state index contributed by atoms with van der Waals surface area (Å²) in [5.41, 5.74) is 4.32. The van der Waals surface area contributed by atoms with Crippen molar-refractivity contribution in [3.05, 3.63) is 83.7 Å². The number of carbonyl (C=O) groups is 3. The molecule has 33 heavy (non-hydrogen) atoms. The van der Waals surface area contributed by atoms with Crippen molar-refractivity contribution < 1.29 is 14.4 Å². The molecule has 2 aromatic rings. The highest BCUT2D eigenvalue weighted by Gasteiger charge is 2.37. The fourth-order valence-electron chi connectivity index (χ4n) is 4.16. The third kappa shape index (κ3) is 5.09. The van der Waals surface area contributed by atoms with Crippen LogP contribution in [0.2, 0.25) is 0 Å². The van der Waals surface area contributed by atoms with Crippen molar-refractivity contribution in [2.24, 2.45) is 0 Å². The van der Waals surface area contributed by atoms with E-state index < -0.39 is 5.54 Å². The van der Waals surface area contributed by atoms with Crippen LogP contribution in [0, 0.1) is 0 Å². The minimum Gasteiger partial charge on any atom is -0.341 e. The number of aldehydes is 1. The Kier molecular flexibility index (Phi) is 6.49. The molecule has 7 heteroatoms. The van der Waals surface area contributed by atoms with Gasteiger partial charge in [-0.3, -0.25) is 9.78 Å². The zero-order chi connectivity index (χ0) is 23.3. The molecule has 1 atom stereocenters. The Labute approximate surface area is 192 Å². The Balaban J connectivity index is 1.50. The third-order valence-corrected chi connectivity index (χ3v) is 6.02. The summed E-state index contributed by atoms with van der Waals surface area (Å²) in [4.78, 5) is 40.9. The van der Waals surface area contributed by atoms with Crippen LogP contribution in [0.4, 0.5) is 10.5 Å². The molecule has 1 aromatic heterocycles. The van der Waals surface area contributed by atoms with Crippen LogP contribution in [0.1, 0.15) is 25.7 Å². The van der Waals surface area contributed by atoms with Crippen LogP contribution in [0.25, 0.3) is 11.1 Å². The lowest BCUT2D eigenvalue weighted by atomic mass is 9.77. The Hall–Kier alpha value is -4.00. The second kappa shape index (κ2) is 9.65. The highest BCUT2D eigenvalue weighted by atomic mass is 16.2. The molecule has 1 unspecified atom stereocenters. The molecule has 7 nitrogen and oxygen atoms in total. The Morgan fingerprint density at radius 2 is 1.88 bits per heavy atom. The number of rotatable bonds is 5. The number of aromatic nitrogens is 1. The summed E-state index contributed by atoms with van der Waals surface area (Å²) in [5.74, 6) is -0.195. The summed E-state index contributed by atoms with van der Waals surface area (Å²) in [5, 5.41) is 8.22. The number of amides is 3. The Morgan fingerprint density at radius 1 is 1.06 bits per heavy atom. The zero-order valence-corrected chi connectivity index (χ0v) is 18.4. The lowest BCUT2D eigenvalue weighted by molar-refractivity contribution is -0.113. The van der Waals surface area contributed by atoms with Gasteiger partial charge in [-0.15, -0.1) is 0 Å². The quantitative estimate of drug-likeness (QED) is 0.611. The van der Waals surface area contributed by atoms with Gasteiger partial charge in [0.25, 0.3) is 5.91 Å². The molecule has 168 valence electrons. The van der Waals surface area contributed by atoms with Crippen molar-refractivity contribution in [2.75, 3.05) is 12.4 Å². The second-order valence-electron chi connectivity index (χ2n) is 8.25. The molecule has 0 bridgehead atoms. The van der Waals surface area contributed by atoms with Gasteiger partial charge in [0.15, 0.2) is 0 Å². The van der Waals surface area contributed by atoms with Crippen molar-refractivity contribution in [1.29, 1.82) is 0 Å². The van der Waals surface area contributed by atoms with Gasteiger partial charge in [-0.05, 0) is 42.0 Å². The highest BCUT2D eigenvalue weighted by molar-refractivity contribution is 6.04. The van der Waals surface area contributed by atoms with E-state index in [9.17, 15) is 14.4 Å². The smallest absolute Gasteiger partial charge is 0.315 e. The van der Waals surface area contributed by atoms with Crippen LogP contribution in [-0.4, -0.2) is 35.8 Å². The number of hydrogen-bond donors (Lipinski definition) is 3. The van der Waals surface area contributed by atoms with Crippen molar-refractivity contribution in [1.82, 2.24) is 15.6 Å². The molecule has 1 aromatic carbocycles. The van der Waals surface area contributed by atoms with Crippen LogP contribution >= 0.6 is 0 Å². The SMILES string of the molecule is CNC(=O)NC1(C=O)CCC2=CCC(C(=O)Nc3cncc(-c4ccccc4)c3)=CC=C2C1. The van der Waals surface area contributed by atoms with Gasteiger partial charge in [0.1, 0.15) is 11.8 Å². The second-order valence-corrected chi connectivity index (χ2v) is 8.25. The van der Waals surface area contributed by atoms with E-state index in [0.29, 0.717) is 36.9 Å². The van der Waals surface area contributed by atoms with Crippen molar-refractivity contribution in [2.45, 2.75) is 31.2 Å². The van der Waals surface area contributed by atoms with Gasteiger partial charge in [-0.2, -0.15) is 0 Å². The number of pyridine rings is 1. The maximum absolute atomic E-state index is 13.0. The fourth-order valence-corrected chi connectivity index (χ4v) is 4.16. The summed E-state index contributed by atoms with van der Waals surface area (Å²) in [6, 6.07) is 11.4. The number of benzene rings is 1. The lowest BCUT2D eigenvalue weighted by Gasteiger charge is -2.35. The molecule has 1 heterocycles. The minimum absolute atomic E-state index is 0.195. The van der Waals surface area contributed by atoms with Crippen molar-refractivity contribution >= 4 is 23.9 Å². The average molecular weight is 443 g/mol. The van der Waals surface area contributed by atoms with E-state index in [1.54, 1.807) is 18.5 Å². The number of nitrogens with zero attached hydrogens (tertiary/aromatic N) is 1. The maximum Gasteiger partial charge on any atom is 0.315 e. The van der Waals surface area contributed by atoms with Crippen molar-refractivity contribution in [3.63, 3.8) is 0 Å². The topological polar surface area (TPSA) is 100 Å². The summed E-state index contributed by atoms with van der Waals surface area (Å²) >= 11 is 0. The molecule has 2 aliphatic rings. The van der Waals surface area contributed by atoms with Crippen LogP contribution in [0.3, 0.4) is 0 Å². The number of anilines is 1. The highest BCUT2D eigenvalue weighted by Crippen LogP contribution is 2.37. The third-order valence-electron chi connectivity index (χ3n) is 6.02. The van der Waals surface area contributed by atoms with E-state index in [4.69, 9.17) is 0 Å². The van der Waals surface area contributed by atoms with Gasteiger partial charge in [-0.1, -0.05) is 48.6 Å². The Bertz CT molecular complexity index is 1170. The van der Waals surface area contributed by atoms with E-state index in [1.165, 1.54) is 7.05 Å². The maximum atomic E-state index is 13.0. The molecule has 0 saturated heterocycles. The first-order chi connectivity index (χ1) is 16.0. The van der Waals surface area contributed by atoms with E-state index in [1.807, 2.05) is 48.6 Å². The molecule has 0 spiro atoms. The number of carbonyl (C=O) groups excluding carboxylic acids is 3. The lowest BCUT2D eigenvalue weighted by Crippen LogP contribution is -2.54. The van der Waals surface area contributed by atoms with E-state index >= 15 is 0 Å². The predicted molar refractivity (Wildman–Crippen MR) is 127 cm³/mol. The number of nitrogens with one attached hydrogen (secondary N) is 3. The molecule has 2 aliphatic carbocycles. The van der Waals surface area contributed by atoms with E-state index in [-0.39, 0.29) is 11.9 Å². The van der Waals surface area contributed by atoms with Crippen LogP contribution in [0.5, 0.6) is 0 Å². The molecule has 0 aliphatic heterocycles. The monoisotopic (exact) mass is 442 g/mol. The summed E-state index contributed by atoms with van der Waals surface area (Å²) in [7, 11) is 1.52. The van der Waals surface area contributed by atoms with Crippen molar-refractivity contribution in [3.8, 4) is 11.1 Å². The first kappa shape index (κ1) is 22.2. The number of allylic oxidation sites excluding steroid dienone is 4. The molecule has 3 amide bonds. The summed E-state index contributed by atoms with van der Waals surface area (Å²) in [6.07, 6.45) is 12.0. The number of fused-ring (bicyclic) bond motifs is 1. The van der Waals surface area contributed by atoms with Crippen LogP contribution < -0.4 is 16.0 Å². The first-order valence-electron chi connectivity index (χ1n) is 10.9. The molecule has 0 radical (unpaired) electrons. The van der Waals surface area contributed by atoms with E-state index in [0.717, 1.165) is 28.6 Å². The van der Waals surface area contributed by atoms with Gasteiger partial charge >= 0.3 is 6.03 Å².